The van der Waals surface area contributed by atoms with Gasteiger partial charge in [0.1, 0.15) is 35.5 Å². The average Bonchev–Trinajstić information content (AvgIpc) is 2.36. The molecule has 0 radical (unpaired) electrons. The summed E-state index contributed by atoms with van der Waals surface area (Å²) in [5.41, 5.74) is 5.35. The smallest absolute Gasteiger partial charge is 0.133 e. The Morgan fingerprint density at radius 3 is 2.30 bits per heavy atom. The fourth-order valence-electron chi connectivity index (χ4n) is 1.55. The molecule has 106 valence electrons. The second-order valence-electron chi connectivity index (χ2n) is 3.94. The van der Waals surface area contributed by atoms with E-state index in [9.17, 15) is 8.78 Å². The van der Waals surface area contributed by atoms with Gasteiger partial charge in [0, 0.05) is 24.7 Å². The molecule has 2 aromatic carbocycles. The Kier molecular flexibility index (Phi) is 4.92. The summed E-state index contributed by atoms with van der Waals surface area (Å²) in [6, 6.07) is 7.97. The summed E-state index contributed by atoms with van der Waals surface area (Å²) in [6.45, 7) is 0.807. The van der Waals surface area contributed by atoms with Gasteiger partial charge in [-0.25, -0.2) is 8.78 Å². The summed E-state index contributed by atoms with van der Waals surface area (Å²) in [6.07, 6.45) is 0. The highest BCUT2D eigenvalue weighted by Crippen LogP contribution is 2.32. The van der Waals surface area contributed by atoms with Gasteiger partial charge in [-0.1, -0.05) is 0 Å². The van der Waals surface area contributed by atoms with Crippen molar-refractivity contribution >= 4 is 15.9 Å². The van der Waals surface area contributed by atoms with Crippen molar-refractivity contribution in [2.24, 2.45) is 5.73 Å². The molecule has 0 unspecified atom stereocenters. The first-order valence-corrected chi connectivity index (χ1v) is 6.64. The summed E-state index contributed by atoms with van der Waals surface area (Å²) in [4.78, 5) is 0. The second-order valence-corrected chi connectivity index (χ2v) is 4.79. The van der Waals surface area contributed by atoms with Crippen LogP contribution in [0.5, 0.6) is 17.2 Å². The van der Waals surface area contributed by atoms with E-state index in [-0.39, 0.29) is 5.75 Å². The maximum atomic E-state index is 13.1. The molecule has 0 saturated heterocycles. The van der Waals surface area contributed by atoms with Crippen LogP contribution in [0.2, 0.25) is 0 Å². The normalized spacial score (nSPS) is 10.4. The number of rotatable bonds is 5. The minimum Gasteiger partial charge on any atom is -0.491 e. The number of halogens is 3. The van der Waals surface area contributed by atoms with E-state index in [1.807, 2.05) is 0 Å². The third-order valence-electron chi connectivity index (χ3n) is 2.35. The third-order valence-corrected chi connectivity index (χ3v) is 2.97. The molecule has 0 aliphatic heterocycles. The van der Waals surface area contributed by atoms with Gasteiger partial charge in [0.15, 0.2) is 0 Å². The van der Waals surface area contributed by atoms with Crippen LogP contribution in [0, 0.1) is 11.6 Å². The number of benzene rings is 2. The van der Waals surface area contributed by atoms with Crippen molar-refractivity contribution in [1.29, 1.82) is 0 Å². The Labute approximate surface area is 123 Å². The molecule has 0 atom stereocenters. The van der Waals surface area contributed by atoms with E-state index in [0.29, 0.717) is 29.1 Å². The second kappa shape index (κ2) is 6.67. The van der Waals surface area contributed by atoms with Crippen LogP contribution >= 0.6 is 15.9 Å². The molecule has 2 aromatic rings. The van der Waals surface area contributed by atoms with Crippen LogP contribution in [0.25, 0.3) is 0 Å². The summed E-state index contributed by atoms with van der Waals surface area (Å²) in [5.74, 6) is -0.246. The lowest BCUT2D eigenvalue weighted by atomic mass is 10.3. The van der Waals surface area contributed by atoms with Crippen molar-refractivity contribution < 1.29 is 18.3 Å². The molecule has 20 heavy (non-hydrogen) atoms. The Bertz CT molecular complexity index is 587. The van der Waals surface area contributed by atoms with Crippen LogP contribution in [0.1, 0.15) is 0 Å². The minimum atomic E-state index is -0.693. The van der Waals surface area contributed by atoms with Crippen LogP contribution in [0.15, 0.2) is 40.9 Å². The van der Waals surface area contributed by atoms with Crippen molar-refractivity contribution in [3.63, 3.8) is 0 Å². The molecule has 0 aliphatic carbocycles. The molecular formula is C14H12BrF2NO2. The molecule has 0 heterocycles. The lowest BCUT2D eigenvalue weighted by Gasteiger charge is -2.10. The zero-order valence-electron chi connectivity index (χ0n) is 10.4. The molecule has 0 fully saturated rings. The zero-order valence-corrected chi connectivity index (χ0v) is 12.0. The molecule has 6 heteroatoms. The fourth-order valence-corrected chi connectivity index (χ4v) is 2.03. The van der Waals surface area contributed by atoms with Crippen LogP contribution < -0.4 is 15.2 Å². The molecule has 0 amide bonds. The Balaban J connectivity index is 2.15. The van der Waals surface area contributed by atoms with Crippen LogP contribution in [0.4, 0.5) is 8.78 Å². The highest BCUT2D eigenvalue weighted by molar-refractivity contribution is 9.10. The number of hydrogen-bond donors (Lipinski definition) is 1. The first-order chi connectivity index (χ1) is 9.58. The molecular weight excluding hydrogens is 332 g/mol. The average molecular weight is 344 g/mol. The van der Waals surface area contributed by atoms with Crippen molar-refractivity contribution in [3.8, 4) is 17.2 Å². The number of nitrogens with two attached hydrogens (primary N) is 1. The van der Waals surface area contributed by atoms with E-state index in [1.54, 1.807) is 18.2 Å². The molecule has 0 bridgehead atoms. The lowest BCUT2D eigenvalue weighted by Crippen LogP contribution is -2.10. The summed E-state index contributed by atoms with van der Waals surface area (Å²) in [7, 11) is 0. The van der Waals surface area contributed by atoms with E-state index in [2.05, 4.69) is 15.9 Å². The molecule has 3 nitrogen and oxygen atoms in total. The Hall–Kier alpha value is -1.66. The van der Waals surface area contributed by atoms with Gasteiger partial charge in [-0.05, 0) is 34.1 Å². The SMILES string of the molecule is NCCOc1ccc(Oc2cc(F)cc(F)c2)cc1Br. The van der Waals surface area contributed by atoms with Gasteiger partial charge < -0.3 is 15.2 Å². The van der Waals surface area contributed by atoms with E-state index in [1.165, 1.54) is 0 Å². The fraction of sp³-hybridized carbons (Fsp3) is 0.143. The minimum absolute atomic E-state index is 0.0880. The molecule has 0 aliphatic rings. The van der Waals surface area contributed by atoms with Crippen molar-refractivity contribution in [2.45, 2.75) is 0 Å². The first kappa shape index (κ1) is 14.7. The van der Waals surface area contributed by atoms with Crippen molar-refractivity contribution in [2.75, 3.05) is 13.2 Å². The van der Waals surface area contributed by atoms with Gasteiger partial charge >= 0.3 is 0 Å². The Morgan fingerprint density at radius 1 is 1.00 bits per heavy atom. The predicted octanol–water partition coefficient (Wildman–Crippen LogP) is 3.86. The zero-order chi connectivity index (χ0) is 14.5. The van der Waals surface area contributed by atoms with Crippen LogP contribution in [-0.4, -0.2) is 13.2 Å². The quantitative estimate of drug-likeness (QED) is 0.896. The standard InChI is InChI=1S/C14H12BrF2NO2/c15-13-8-11(1-2-14(13)19-4-3-18)20-12-6-9(16)5-10(17)7-12/h1-2,5-8H,3-4,18H2. The molecule has 2 rings (SSSR count). The Morgan fingerprint density at radius 2 is 1.70 bits per heavy atom. The van der Waals surface area contributed by atoms with Crippen molar-refractivity contribution in [1.82, 2.24) is 0 Å². The third kappa shape index (κ3) is 3.91. The van der Waals surface area contributed by atoms with Gasteiger partial charge in [-0.15, -0.1) is 0 Å². The van der Waals surface area contributed by atoms with Crippen LogP contribution in [0.3, 0.4) is 0 Å². The topological polar surface area (TPSA) is 44.5 Å². The molecule has 0 saturated carbocycles. The molecule has 0 spiro atoms. The van der Waals surface area contributed by atoms with E-state index in [4.69, 9.17) is 15.2 Å². The van der Waals surface area contributed by atoms with E-state index < -0.39 is 11.6 Å². The first-order valence-electron chi connectivity index (χ1n) is 5.85. The van der Waals surface area contributed by atoms with Gasteiger partial charge in [0.25, 0.3) is 0 Å². The summed E-state index contributed by atoms with van der Waals surface area (Å²) >= 11 is 3.33. The predicted molar refractivity (Wildman–Crippen MR) is 75.1 cm³/mol. The summed E-state index contributed by atoms with van der Waals surface area (Å²) in [5, 5.41) is 0. The van der Waals surface area contributed by atoms with Gasteiger partial charge in [-0.2, -0.15) is 0 Å². The van der Waals surface area contributed by atoms with E-state index in [0.717, 1.165) is 18.2 Å². The van der Waals surface area contributed by atoms with Gasteiger partial charge in [0.05, 0.1) is 4.47 Å². The maximum Gasteiger partial charge on any atom is 0.133 e. The van der Waals surface area contributed by atoms with Gasteiger partial charge in [-0.3, -0.25) is 0 Å². The molecule has 0 aromatic heterocycles. The number of ether oxygens (including phenoxy) is 2. The number of hydrogen-bond acceptors (Lipinski definition) is 3. The van der Waals surface area contributed by atoms with Crippen LogP contribution in [-0.2, 0) is 0 Å². The van der Waals surface area contributed by atoms with Crippen molar-refractivity contribution in [3.05, 3.63) is 52.5 Å². The largest absolute Gasteiger partial charge is 0.491 e. The summed E-state index contributed by atoms with van der Waals surface area (Å²) < 4.78 is 37.5. The lowest BCUT2D eigenvalue weighted by molar-refractivity contribution is 0.325. The maximum absolute atomic E-state index is 13.1. The van der Waals surface area contributed by atoms with Gasteiger partial charge in [0.2, 0.25) is 0 Å². The monoisotopic (exact) mass is 343 g/mol. The van der Waals surface area contributed by atoms with E-state index >= 15 is 0 Å². The highest BCUT2D eigenvalue weighted by Gasteiger charge is 2.06. The molecule has 2 N–H and O–H groups in total. The highest BCUT2D eigenvalue weighted by atomic mass is 79.9.